The van der Waals surface area contributed by atoms with Crippen LogP contribution in [0.15, 0.2) is 30.7 Å². The number of nitrogens with zero attached hydrogens (tertiary/aromatic N) is 7. The summed E-state index contributed by atoms with van der Waals surface area (Å²) in [7, 11) is 5.27. The second-order valence-corrected chi connectivity index (χ2v) is 10.9. The first-order valence-electron chi connectivity index (χ1n) is 13.0. The third-order valence-electron chi connectivity index (χ3n) is 6.84. The number of amides is 1. The SMILES string of the molecule is COCOc1c(-c2ncc3cc(N4CC[C@@H](N(C)C(=O)OC(C)(C)C)C4)cnc3n2)cc2cn(C)nc2c1C. The maximum Gasteiger partial charge on any atom is 0.410 e. The Balaban J connectivity index is 1.40. The van der Waals surface area contributed by atoms with Crippen LogP contribution in [0.5, 0.6) is 5.75 Å². The Bertz CT molecular complexity index is 1530. The van der Waals surface area contributed by atoms with Gasteiger partial charge in [0.2, 0.25) is 0 Å². The number of carbonyl (C=O) groups excluding carboxylic acids is 1. The van der Waals surface area contributed by atoms with Crippen molar-refractivity contribution in [3.8, 4) is 17.1 Å². The van der Waals surface area contributed by atoms with E-state index in [1.807, 2.05) is 59.3 Å². The highest BCUT2D eigenvalue weighted by molar-refractivity contribution is 5.91. The van der Waals surface area contributed by atoms with Crippen LogP contribution in [0.4, 0.5) is 10.5 Å². The molecule has 206 valence electrons. The average Bonchev–Trinajstić information content (AvgIpc) is 3.53. The molecule has 1 atom stereocenters. The molecule has 3 aromatic heterocycles. The van der Waals surface area contributed by atoms with E-state index in [1.54, 1.807) is 29.9 Å². The summed E-state index contributed by atoms with van der Waals surface area (Å²) in [6.07, 6.45) is 6.12. The van der Waals surface area contributed by atoms with Gasteiger partial charge in [0.05, 0.1) is 29.0 Å². The molecule has 5 rings (SSSR count). The molecule has 0 bridgehead atoms. The van der Waals surface area contributed by atoms with Crippen molar-refractivity contribution in [2.45, 2.75) is 45.8 Å². The summed E-state index contributed by atoms with van der Waals surface area (Å²) >= 11 is 0. The largest absolute Gasteiger partial charge is 0.466 e. The van der Waals surface area contributed by atoms with Gasteiger partial charge in [-0.25, -0.2) is 19.7 Å². The Morgan fingerprint density at radius 3 is 2.72 bits per heavy atom. The zero-order valence-electron chi connectivity index (χ0n) is 23.6. The molecule has 0 radical (unpaired) electrons. The van der Waals surface area contributed by atoms with Crippen molar-refractivity contribution in [2.24, 2.45) is 7.05 Å². The van der Waals surface area contributed by atoms with E-state index in [9.17, 15) is 4.79 Å². The molecule has 0 spiro atoms. The summed E-state index contributed by atoms with van der Waals surface area (Å²) in [6.45, 7) is 9.21. The third-order valence-corrected chi connectivity index (χ3v) is 6.84. The monoisotopic (exact) mass is 533 g/mol. The first kappa shape index (κ1) is 26.6. The molecule has 39 heavy (non-hydrogen) atoms. The van der Waals surface area contributed by atoms with Gasteiger partial charge < -0.3 is 24.0 Å². The van der Waals surface area contributed by atoms with Gasteiger partial charge in [0, 0.05) is 63.0 Å². The molecule has 4 heterocycles. The van der Waals surface area contributed by atoms with E-state index < -0.39 is 5.60 Å². The highest BCUT2D eigenvalue weighted by atomic mass is 16.7. The topological polar surface area (TPSA) is 108 Å². The van der Waals surface area contributed by atoms with Crippen molar-refractivity contribution in [1.82, 2.24) is 29.6 Å². The molecule has 11 heteroatoms. The highest BCUT2D eigenvalue weighted by Crippen LogP contribution is 2.37. The highest BCUT2D eigenvalue weighted by Gasteiger charge is 2.31. The predicted octanol–water partition coefficient (Wildman–Crippen LogP) is 4.32. The maximum atomic E-state index is 12.5. The van der Waals surface area contributed by atoms with Gasteiger partial charge in [0.15, 0.2) is 18.3 Å². The number of hydrogen-bond acceptors (Lipinski definition) is 9. The van der Waals surface area contributed by atoms with Crippen LogP contribution in [-0.4, -0.2) is 81.4 Å². The number of ether oxygens (including phenoxy) is 3. The normalized spacial score (nSPS) is 15.8. The van der Waals surface area contributed by atoms with Gasteiger partial charge in [-0.3, -0.25) is 4.68 Å². The lowest BCUT2D eigenvalue weighted by atomic mass is 10.0. The Hall–Kier alpha value is -3.99. The number of fused-ring (bicyclic) bond motifs is 2. The minimum atomic E-state index is -0.524. The zero-order valence-corrected chi connectivity index (χ0v) is 23.6. The molecular weight excluding hydrogens is 498 g/mol. The second kappa shape index (κ2) is 10.3. The van der Waals surface area contributed by atoms with Crippen molar-refractivity contribution >= 4 is 33.7 Å². The predicted molar refractivity (Wildman–Crippen MR) is 149 cm³/mol. The quantitative estimate of drug-likeness (QED) is 0.335. The fourth-order valence-electron chi connectivity index (χ4n) is 4.89. The number of hydrogen-bond donors (Lipinski definition) is 0. The molecular formula is C28H35N7O4. The summed E-state index contributed by atoms with van der Waals surface area (Å²) in [5, 5.41) is 6.37. The van der Waals surface area contributed by atoms with Crippen molar-refractivity contribution in [3.05, 3.63) is 36.3 Å². The van der Waals surface area contributed by atoms with E-state index in [4.69, 9.17) is 19.2 Å². The first-order valence-corrected chi connectivity index (χ1v) is 13.0. The minimum Gasteiger partial charge on any atom is -0.466 e. The molecule has 0 unspecified atom stereocenters. The molecule has 0 N–H and O–H groups in total. The summed E-state index contributed by atoms with van der Waals surface area (Å²) in [5.41, 5.74) is 3.54. The number of pyridine rings is 1. The van der Waals surface area contributed by atoms with Crippen molar-refractivity contribution in [2.75, 3.05) is 38.9 Å². The van der Waals surface area contributed by atoms with Crippen LogP contribution >= 0.6 is 0 Å². The average molecular weight is 534 g/mol. The van der Waals surface area contributed by atoms with Gasteiger partial charge in [0.25, 0.3) is 0 Å². The fraction of sp³-hybridized carbons (Fsp3) is 0.464. The standard InChI is InChI=1S/C28H35N7O4/c1-17-23-19(14-33(5)32-23)11-22(24(17)38-16-37-7)26-29-12-18-10-21(13-30-25(18)31-26)35-9-8-20(15-35)34(6)27(36)39-28(2,3)4/h10-14,20H,8-9,15-16H2,1-7H3/t20-/m1/s1. The van der Waals surface area contributed by atoms with Crippen molar-refractivity contribution in [1.29, 1.82) is 0 Å². The lowest BCUT2D eigenvalue weighted by Crippen LogP contribution is -2.42. The number of benzene rings is 1. The molecule has 0 aliphatic carbocycles. The van der Waals surface area contributed by atoms with E-state index in [1.165, 1.54) is 0 Å². The lowest BCUT2D eigenvalue weighted by molar-refractivity contribution is 0.0238. The Morgan fingerprint density at radius 1 is 1.18 bits per heavy atom. The van der Waals surface area contributed by atoms with Crippen molar-refractivity contribution < 1.29 is 19.0 Å². The Morgan fingerprint density at radius 2 is 1.97 bits per heavy atom. The van der Waals surface area contributed by atoms with Crippen LogP contribution in [-0.2, 0) is 16.5 Å². The maximum absolute atomic E-state index is 12.5. The number of rotatable bonds is 6. The molecule has 1 aliphatic heterocycles. The van der Waals surface area contributed by atoms with Gasteiger partial charge in [-0.15, -0.1) is 0 Å². The summed E-state index contributed by atoms with van der Waals surface area (Å²) < 4.78 is 18.4. The molecule has 11 nitrogen and oxygen atoms in total. The number of methoxy groups -OCH3 is 1. The number of aromatic nitrogens is 5. The van der Waals surface area contributed by atoms with Gasteiger partial charge in [-0.1, -0.05) is 0 Å². The summed E-state index contributed by atoms with van der Waals surface area (Å²) in [5.74, 6) is 1.15. The van der Waals surface area contributed by atoms with E-state index in [2.05, 4.69) is 20.0 Å². The van der Waals surface area contributed by atoms with E-state index in [-0.39, 0.29) is 18.9 Å². The zero-order chi connectivity index (χ0) is 27.9. The van der Waals surface area contributed by atoms with Crippen LogP contribution < -0.4 is 9.64 Å². The van der Waals surface area contributed by atoms with E-state index in [0.717, 1.165) is 46.1 Å². The van der Waals surface area contributed by atoms with Gasteiger partial charge >= 0.3 is 6.09 Å². The van der Waals surface area contributed by atoms with Crippen molar-refractivity contribution in [3.63, 3.8) is 0 Å². The number of carbonyl (C=O) groups is 1. The van der Waals surface area contributed by atoms with Crippen LogP contribution in [0.1, 0.15) is 32.8 Å². The van der Waals surface area contributed by atoms with E-state index >= 15 is 0 Å². The molecule has 1 aliphatic rings. The first-order chi connectivity index (χ1) is 18.5. The Labute approximate surface area is 227 Å². The second-order valence-electron chi connectivity index (χ2n) is 10.9. The molecule has 1 fully saturated rings. The molecule has 4 aromatic rings. The minimum absolute atomic E-state index is 0.0605. The molecule has 1 saturated heterocycles. The number of anilines is 1. The van der Waals surface area contributed by atoms with Crippen LogP contribution in [0.3, 0.4) is 0 Å². The summed E-state index contributed by atoms with van der Waals surface area (Å²) in [6, 6.07) is 4.09. The van der Waals surface area contributed by atoms with E-state index in [0.29, 0.717) is 23.8 Å². The molecule has 1 amide bonds. The van der Waals surface area contributed by atoms with Gasteiger partial charge in [-0.2, -0.15) is 5.10 Å². The van der Waals surface area contributed by atoms with Crippen LogP contribution in [0.25, 0.3) is 33.3 Å². The molecule has 0 saturated carbocycles. The molecule has 1 aromatic carbocycles. The summed E-state index contributed by atoms with van der Waals surface area (Å²) in [4.78, 5) is 30.6. The number of aryl methyl sites for hydroxylation is 2. The van der Waals surface area contributed by atoms with Crippen LogP contribution in [0, 0.1) is 6.92 Å². The lowest BCUT2D eigenvalue weighted by Gasteiger charge is -2.28. The smallest absolute Gasteiger partial charge is 0.410 e. The van der Waals surface area contributed by atoms with Gasteiger partial charge in [-0.05, 0) is 46.2 Å². The number of likely N-dealkylation sites (N-methyl/N-ethyl adjacent to an activating group) is 1. The van der Waals surface area contributed by atoms with Gasteiger partial charge in [0.1, 0.15) is 11.4 Å². The fourth-order valence-corrected chi connectivity index (χ4v) is 4.89. The third kappa shape index (κ3) is 5.44. The Kier molecular flexibility index (Phi) is 7.02. The van der Waals surface area contributed by atoms with Crippen LogP contribution in [0.2, 0.25) is 0 Å².